The summed E-state index contributed by atoms with van der Waals surface area (Å²) in [5.74, 6) is -0.734. The number of esters is 2. The van der Waals surface area contributed by atoms with E-state index in [4.69, 9.17) is 9.47 Å². The average Bonchev–Trinajstić information content (AvgIpc) is 2.71. The Bertz CT molecular complexity index is 665. The molecule has 0 radical (unpaired) electrons. The second-order valence-electron chi connectivity index (χ2n) is 8.14. The van der Waals surface area contributed by atoms with E-state index in [9.17, 15) is 9.59 Å². The highest BCUT2D eigenvalue weighted by atomic mass is 16.5. The molecule has 1 aromatic carbocycles. The zero-order chi connectivity index (χ0) is 19.6. The first kappa shape index (κ1) is 20.9. The molecule has 2 aliphatic rings. The van der Waals surface area contributed by atoms with E-state index < -0.39 is 0 Å². The highest BCUT2D eigenvalue weighted by molar-refractivity contribution is 6.04. The third-order valence-corrected chi connectivity index (χ3v) is 5.96. The van der Waals surface area contributed by atoms with Crippen molar-refractivity contribution in [2.75, 3.05) is 13.2 Å². The molecule has 28 heavy (non-hydrogen) atoms. The molecule has 0 N–H and O–H groups in total. The van der Waals surface area contributed by atoms with Crippen LogP contribution in [0.2, 0.25) is 0 Å². The number of carbonyl (C=O) groups excluding carboxylic acids is 2. The molecule has 154 valence electrons. The molecule has 0 aromatic heterocycles. The quantitative estimate of drug-likeness (QED) is 0.529. The van der Waals surface area contributed by atoms with Gasteiger partial charge in [-0.1, -0.05) is 57.4 Å². The number of benzene rings is 1. The molecule has 1 aliphatic carbocycles. The molecule has 3 rings (SSSR count). The van der Waals surface area contributed by atoms with Crippen molar-refractivity contribution in [3.63, 3.8) is 0 Å². The second-order valence-corrected chi connectivity index (χ2v) is 8.14. The Morgan fingerprint density at radius 2 is 1.11 bits per heavy atom. The highest BCUT2D eigenvalue weighted by Crippen LogP contribution is 2.27. The van der Waals surface area contributed by atoms with Crippen molar-refractivity contribution in [3.05, 3.63) is 34.4 Å². The topological polar surface area (TPSA) is 52.6 Å². The molecule has 0 amide bonds. The van der Waals surface area contributed by atoms with Crippen LogP contribution in [0.5, 0.6) is 0 Å². The van der Waals surface area contributed by atoms with Crippen LogP contribution in [0, 0.1) is 0 Å². The molecule has 1 aliphatic heterocycles. The van der Waals surface area contributed by atoms with Crippen LogP contribution in [-0.2, 0) is 22.3 Å². The summed E-state index contributed by atoms with van der Waals surface area (Å²) >= 11 is 0. The number of hydrogen-bond donors (Lipinski definition) is 0. The molecular weight excluding hydrogens is 352 g/mol. The third kappa shape index (κ3) is 5.83. The third-order valence-electron chi connectivity index (χ3n) is 5.96. The van der Waals surface area contributed by atoms with Crippen LogP contribution >= 0.6 is 0 Å². The summed E-state index contributed by atoms with van der Waals surface area (Å²) in [5.41, 5.74) is 3.08. The monoisotopic (exact) mass is 386 g/mol. The Labute approximate surface area is 169 Å². The molecule has 0 atom stereocenters. The Morgan fingerprint density at radius 3 is 1.79 bits per heavy atom. The second kappa shape index (κ2) is 11.2. The van der Waals surface area contributed by atoms with Gasteiger partial charge in [0, 0.05) is 0 Å². The zero-order valence-corrected chi connectivity index (χ0v) is 17.1. The Morgan fingerprint density at radius 1 is 0.571 bits per heavy atom. The van der Waals surface area contributed by atoms with Gasteiger partial charge in [0.05, 0.1) is 24.3 Å². The zero-order valence-electron chi connectivity index (χ0n) is 17.1. The van der Waals surface area contributed by atoms with Gasteiger partial charge in [-0.2, -0.15) is 0 Å². The standard InChI is InChI=1S/C24H34O4/c25-23-21-16-15-19-13-9-5-1-2-6-10-14-20(19)22(21)24(26)28-18-12-8-4-3-7-11-17-27-23/h15-16H,1-14,17-18H2. The molecule has 0 saturated carbocycles. The summed E-state index contributed by atoms with van der Waals surface area (Å²) in [5, 5.41) is 0. The number of hydrogen-bond acceptors (Lipinski definition) is 4. The molecule has 0 saturated heterocycles. The van der Waals surface area contributed by atoms with Crippen molar-refractivity contribution in [1.82, 2.24) is 0 Å². The Balaban J connectivity index is 1.93. The van der Waals surface area contributed by atoms with E-state index in [1.165, 1.54) is 31.2 Å². The van der Waals surface area contributed by atoms with Crippen molar-refractivity contribution in [2.24, 2.45) is 0 Å². The molecule has 1 heterocycles. The summed E-state index contributed by atoms with van der Waals surface area (Å²) in [6.07, 6.45) is 15.1. The van der Waals surface area contributed by atoms with E-state index in [0.717, 1.165) is 69.8 Å². The summed E-state index contributed by atoms with van der Waals surface area (Å²) in [6.45, 7) is 0.849. The molecule has 0 bridgehead atoms. The maximum absolute atomic E-state index is 13.0. The number of carbonyl (C=O) groups is 2. The normalized spacial score (nSPS) is 20.7. The van der Waals surface area contributed by atoms with Crippen LogP contribution in [0.1, 0.15) is 109 Å². The minimum absolute atomic E-state index is 0.349. The molecule has 4 nitrogen and oxygen atoms in total. The average molecular weight is 387 g/mol. The van der Waals surface area contributed by atoms with Gasteiger partial charge < -0.3 is 9.47 Å². The van der Waals surface area contributed by atoms with E-state index in [-0.39, 0.29) is 11.9 Å². The van der Waals surface area contributed by atoms with Crippen molar-refractivity contribution >= 4 is 11.9 Å². The lowest BCUT2D eigenvalue weighted by molar-refractivity contribution is 0.0445. The molecule has 0 fully saturated rings. The van der Waals surface area contributed by atoms with Gasteiger partial charge in [-0.05, 0) is 55.7 Å². The first-order valence-corrected chi connectivity index (χ1v) is 11.3. The maximum atomic E-state index is 13.0. The predicted molar refractivity (Wildman–Crippen MR) is 110 cm³/mol. The lowest BCUT2D eigenvalue weighted by Gasteiger charge is -2.19. The SMILES string of the molecule is O=C1OCCCCCCCCOC(=O)c2c1ccc1c2CCCCCCCC1. The Hall–Kier alpha value is -1.84. The number of cyclic esters (lactones) is 2. The largest absolute Gasteiger partial charge is 0.462 e. The van der Waals surface area contributed by atoms with Crippen molar-refractivity contribution in [1.29, 1.82) is 0 Å². The number of rotatable bonds is 0. The first-order chi connectivity index (χ1) is 13.8. The lowest BCUT2D eigenvalue weighted by atomic mass is 9.88. The fourth-order valence-corrected chi connectivity index (χ4v) is 4.33. The molecule has 1 aromatic rings. The van der Waals surface area contributed by atoms with Crippen LogP contribution in [0.15, 0.2) is 12.1 Å². The smallest absolute Gasteiger partial charge is 0.339 e. The van der Waals surface area contributed by atoms with Crippen LogP contribution in [0.25, 0.3) is 0 Å². The van der Waals surface area contributed by atoms with Crippen LogP contribution in [0.4, 0.5) is 0 Å². The van der Waals surface area contributed by atoms with Gasteiger partial charge in [0.15, 0.2) is 0 Å². The fourth-order valence-electron chi connectivity index (χ4n) is 4.33. The van der Waals surface area contributed by atoms with Crippen molar-refractivity contribution in [3.8, 4) is 0 Å². The van der Waals surface area contributed by atoms with E-state index in [1.54, 1.807) is 6.07 Å². The molecule has 4 heteroatoms. The van der Waals surface area contributed by atoms with Gasteiger partial charge in [-0.3, -0.25) is 0 Å². The maximum Gasteiger partial charge on any atom is 0.339 e. The van der Waals surface area contributed by atoms with Crippen molar-refractivity contribution < 1.29 is 19.1 Å². The van der Waals surface area contributed by atoms with E-state index in [0.29, 0.717) is 24.3 Å². The van der Waals surface area contributed by atoms with Gasteiger partial charge in [0.1, 0.15) is 0 Å². The van der Waals surface area contributed by atoms with Crippen LogP contribution < -0.4 is 0 Å². The minimum Gasteiger partial charge on any atom is -0.462 e. The number of ether oxygens (including phenoxy) is 2. The van der Waals surface area contributed by atoms with Gasteiger partial charge in [-0.25, -0.2) is 9.59 Å². The number of aryl methyl sites for hydroxylation is 1. The predicted octanol–water partition coefficient (Wildman–Crippen LogP) is 5.79. The lowest BCUT2D eigenvalue weighted by Crippen LogP contribution is -2.19. The van der Waals surface area contributed by atoms with Gasteiger partial charge in [0.2, 0.25) is 0 Å². The van der Waals surface area contributed by atoms with Crippen molar-refractivity contribution in [2.45, 2.75) is 89.9 Å². The molecular formula is C24H34O4. The molecule has 0 unspecified atom stereocenters. The highest BCUT2D eigenvalue weighted by Gasteiger charge is 2.25. The van der Waals surface area contributed by atoms with Crippen LogP contribution in [0.3, 0.4) is 0 Å². The van der Waals surface area contributed by atoms with Gasteiger partial charge >= 0.3 is 11.9 Å². The summed E-state index contributed by atoms with van der Waals surface area (Å²) in [6, 6.07) is 3.82. The number of fused-ring (bicyclic) bond motifs is 3. The van der Waals surface area contributed by atoms with Gasteiger partial charge in [0.25, 0.3) is 0 Å². The van der Waals surface area contributed by atoms with Gasteiger partial charge in [-0.15, -0.1) is 0 Å². The van der Waals surface area contributed by atoms with E-state index in [1.807, 2.05) is 6.07 Å². The summed E-state index contributed by atoms with van der Waals surface area (Å²) in [7, 11) is 0. The minimum atomic E-state index is -0.385. The fraction of sp³-hybridized carbons (Fsp3) is 0.667. The summed E-state index contributed by atoms with van der Waals surface area (Å²) < 4.78 is 11.1. The van der Waals surface area contributed by atoms with E-state index >= 15 is 0 Å². The van der Waals surface area contributed by atoms with E-state index in [2.05, 4.69) is 0 Å². The Kier molecular flexibility index (Phi) is 8.38. The first-order valence-electron chi connectivity index (χ1n) is 11.3. The van der Waals surface area contributed by atoms with Crippen LogP contribution in [-0.4, -0.2) is 25.2 Å². The summed E-state index contributed by atoms with van der Waals surface area (Å²) in [4.78, 5) is 25.8. The molecule has 0 spiro atoms.